The van der Waals surface area contributed by atoms with Crippen LogP contribution in [0.25, 0.3) is 10.2 Å². The van der Waals surface area contributed by atoms with E-state index in [2.05, 4.69) is 32.6 Å². The molecule has 0 atom stereocenters. The van der Waals surface area contributed by atoms with E-state index in [1.54, 1.807) is 28.0 Å². The monoisotopic (exact) mass is 450 g/mol. The number of amides is 1. The third-order valence-electron chi connectivity index (χ3n) is 5.34. The van der Waals surface area contributed by atoms with Gasteiger partial charge in [-0.05, 0) is 26.3 Å². The van der Waals surface area contributed by atoms with E-state index in [0.29, 0.717) is 31.6 Å². The molecular weight excluding hydrogens is 420 g/mol. The molecule has 4 rings (SSSR count). The normalized spacial score (nSPS) is 18.7. The SMILES string of the molecule is CCOC(=O)N1CCN(c2nc(SC(C)C)nc3sc4c(c23)CC(C)(C)OC4)CC1. The summed E-state index contributed by atoms with van der Waals surface area (Å²) in [7, 11) is 0. The predicted octanol–water partition coefficient (Wildman–Crippen LogP) is 4.32. The Hall–Kier alpha value is -1.58. The van der Waals surface area contributed by atoms with E-state index in [1.165, 1.54) is 15.8 Å². The Labute approximate surface area is 186 Å². The quantitative estimate of drug-likeness (QED) is 0.507. The molecule has 2 aromatic rings. The fourth-order valence-electron chi connectivity index (χ4n) is 3.91. The van der Waals surface area contributed by atoms with Gasteiger partial charge < -0.3 is 19.3 Å². The first kappa shape index (κ1) is 21.6. The van der Waals surface area contributed by atoms with Gasteiger partial charge in [-0.2, -0.15) is 0 Å². The van der Waals surface area contributed by atoms with Gasteiger partial charge in [0.2, 0.25) is 0 Å². The first-order valence-corrected chi connectivity index (χ1v) is 12.3. The summed E-state index contributed by atoms with van der Waals surface area (Å²) in [6, 6.07) is 0. The third kappa shape index (κ3) is 4.38. The summed E-state index contributed by atoms with van der Waals surface area (Å²) in [5, 5.41) is 2.40. The summed E-state index contributed by atoms with van der Waals surface area (Å²) in [6.45, 7) is 14.2. The lowest BCUT2D eigenvalue weighted by atomic mass is 9.94. The minimum Gasteiger partial charge on any atom is -0.450 e. The second-order valence-electron chi connectivity index (χ2n) is 8.58. The van der Waals surface area contributed by atoms with Crippen LogP contribution >= 0.6 is 23.1 Å². The summed E-state index contributed by atoms with van der Waals surface area (Å²) in [4.78, 5) is 28.4. The van der Waals surface area contributed by atoms with E-state index in [1.807, 2.05) is 6.92 Å². The molecule has 7 nitrogen and oxygen atoms in total. The highest BCUT2D eigenvalue weighted by molar-refractivity contribution is 7.99. The van der Waals surface area contributed by atoms with Crippen molar-refractivity contribution in [2.24, 2.45) is 0 Å². The molecule has 0 spiro atoms. The number of nitrogens with zero attached hydrogens (tertiary/aromatic N) is 4. The Balaban J connectivity index is 1.70. The third-order valence-corrected chi connectivity index (χ3v) is 7.30. The second-order valence-corrected chi connectivity index (χ2v) is 11.2. The van der Waals surface area contributed by atoms with E-state index in [4.69, 9.17) is 19.4 Å². The van der Waals surface area contributed by atoms with Crippen molar-refractivity contribution in [3.05, 3.63) is 10.4 Å². The number of aromatic nitrogens is 2. The summed E-state index contributed by atoms with van der Waals surface area (Å²) in [6.07, 6.45) is 0.630. The highest BCUT2D eigenvalue weighted by Gasteiger charge is 2.33. The molecule has 0 bridgehead atoms. The molecule has 0 radical (unpaired) electrons. The van der Waals surface area contributed by atoms with Crippen molar-refractivity contribution in [1.82, 2.24) is 14.9 Å². The van der Waals surface area contributed by atoms with Gasteiger partial charge in [0.1, 0.15) is 10.6 Å². The van der Waals surface area contributed by atoms with E-state index in [-0.39, 0.29) is 11.7 Å². The molecule has 4 heterocycles. The number of ether oxygens (including phenoxy) is 2. The van der Waals surface area contributed by atoms with Gasteiger partial charge in [-0.15, -0.1) is 11.3 Å². The van der Waals surface area contributed by atoms with Gasteiger partial charge >= 0.3 is 6.09 Å². The van der Waals surface area contributed by atoms with Gasteiger partial charge in [0.05, 0.1) is 24.2 Å². The van der Waals surface area contributed by atoms with Crippen molar-refractivity contribution in [1.29, 1.82) is 0 Å². The molecule has 0 aliphatic carbocycles. The van der Waals surface area contributed by atoms with Gasteiger partial charge in [-0.1, -0.05) is 25.6 Å². The van der Waals surface area contributed by atoms with Crippen LogP contribution in [0.5, 0.6) is 0 Å². The van der Waals surface area contributed by atoms with Crippen molar-refractivity contribution >= 4 is 45.2 Å². The standard InChI is InChI=1S/C21H30N4O3S2/c1-6-27-20(26)25-9-7-24(8-10-25)17-16-14-11-21(4,5)28-12-15(14)30-18(16)23-19(22-17)29-13(2)3/h13H,6-12H2,1-5H3. The molecule has 9 heteroatoms. The van der Waals surface area contributed by atoms with Gasteiger partial charge in [-0.3, -0.25) is 0 Å². The molecule has 1 fully saturated rings. The summed E-state index contributed by atoms with van der Waals surface area (Å²) < 4.78 is 11.2. The molecule has 0 saturated carbocycles. The molecule has 0 unspecified atom stereocenters. The van der Waals surface area contributed by atoms with Crippen LogP contribution in [0.1, 0.15) is 45.1 Å². The average Bonchev–Trinajstić information content (AvgIpc) is 3.03. The lowest BCUT2D eigenvalue weighted by Crippen LogP contribution is -2.49. The van der Waals surface area contributed by atoms with Crippen LogP contribution in [0, 0.1) is 0 Å². The molecule has 1 saturated heterocycles. The lowest BCUT2D eigenvalue weighted by Gasteiger charge is -2.35. The predicted molar refractivity (Wildman–Crippen MR) is 122 cm³/mol. The number of carbonyl (C=O) groups is 1. The summed E-state index contributed by atoms with van der Waals surface area (Å²) in [5.74, 6) is 1.00. The second kappa shape index (κ2) is 8.51. The van der Waals surface area contributed by atoms with Gasteiger partial charge in [0, 0.05) is 42.7 Å². The summed E-state index contributed by atoms with van der Waals surface area (Å²) >= 11 is 3.42. The van der Waals surface area contributed by atoms with Crippen molar-refractivity contribution < 1.29 is 14.3 Å². The number of hydrogen-bond acceptors (Lipinski definition) is 8. The van der Waals surface area contributed by atoms with Crippen molar-refractivity contribution in [2.45, 2.75) is 63.7 Å². The number of piperazine rings is 1. The highest BCUT2D eigenvalue weighted by Crippen LogP contribution is 2.42. The molecule has 0 N–H and O–H groups in total. The zero-order valence-corrected chi connectivity index (χ0v) is 20.0. The van der Waals surface area contributed by atoms with E-state index in [9.17, 15) is 4.79 Å². The van der Waals surface area contributed by atoms with Crippen LogP contribution < -0.4 is 4.90 Å². The molecule has 0 aromatic carbocycles. The van der Waals surface area contributed by atoms with E-state index < -0.39 is 0 Å². The first-order chi connectivity index (χ1) is 14.3. The maximum absolute atomic E-state index is 12.1. The number of anilines is 1. The number of rotatable bonds is 4. The van der Waals surface area contributed by atoms with Crippen LogP contribution in [-0.4, -0.2) is 64.6 Å². The fraction of sp³-hybridized carbons (Fsp3) is 0.667. The van der Waals surface area contributed by atoms with Gasteiger partial charge in [0.15, 0.2) is 5.16 Å². The topological polar surface area (TPSA) is 67.8 Å². The van der Waals surface area contributed by atoms with E-state index in [0.717, 1.165) is 35.3 Å². The van der Waals surface area contributed by atoms with Crippen molar-refractivity contribution in [2.75, 3.05) is 37.7 Å². The van der Waals surface area contributed by atoms with Gasteiger partial charge in [0.25, 0.3) is 0 Å². The molecule has 1 amide bonds. The molecule has 2 aliphatic heterocycles. The van der Waals surface area contributed by atoms with Crippen LogP contribution in [0.4, 0.5) is 10.6 Å². The zero-order valence-electron chi connectivity index (χ0n) is 18.4. The minimum absolute atomic E-state index is 0.188. The van der Waals surface area contributed by atoms with Crippen LogP contribution in [0.15, 0.2) is 5.16 Å². The summed E-state index contributed by atoms with van der Waals surface area (Å²) in [5.41, 5.74) is 1.14. The minimum atomic E-state index is -0.229. The fourth-order valence-corrected chi connectivity index (χ4v) is 5.77. The number of thiophene rings is 1. The van der Waals surface area contributed by atoms with Crippen LogP contribution in [-0.2, 0) is 22.5 Å². The van der Waals surface area contributed by atoms with Crippen LogP contribution in [0.3, 0.4) is 0 Å². The maximum Gasteiger partial charge on any atom is 0.409 e. The zero-order chi connectivity index (χ0) is 21.5. The van der Waals surface area contributed by atoms with Crippen LogP contribution in [0.2, 0.25) is 0 Å². The number of fused-ring (bicyclic) bond motifs is 3. The Morgan fingerprint density at radius 1 is 1.27 bits per heavy atom. The number of carbonyl (C=O) groups excluding carboxylic acids is 1. The highest BCUT2D eigenvalue weighted by atomic mass is 32.2. The molecule has 164 valence electrons. The Morgan fingerprint density at radius 2 is 2.00 bits per heavy atom. The smallest absolute Gasteiger partial charge is 0.409 e. The molecule has 2 aliphatic rings. The van der Waals surface area contributed by atoms with Gasteiger partial charge in [-0.25, -0.2) is 14.8 Å². The van der Waals surface area contributed by atoms with Crippen molar-refractivity contribution in [3.8, 4) is 0 Å². The lowest BCUT2D eigenvalue weighted by molar-refractivity contribution is -0.0379. The molecular formula is C21H30N4O3S2. The number of hydrogen-bond donors (Lipinski definition) is 0. The maximum atomic E-state index is 12.1. The molecule has 30 heavy (non-hydrogen) atoms. The first-order valence-electron chi connectivity index (χ1n) is 10.6. The Morgan fingerprint density at radius 3 is 2.67 bits per heavy atom. The largest absolute Gasteiger partial charge is 0.450 e. The average molecular weight is 451 g/mol. The Kier molecular flexibility index (Phi) is 6.14. The van der Waals surface area contributed by atoms with E-state index >= 15 is 0 Å². The Bertz CT molecular complexity index is 936. The molecule has 2 aromatic heterocycles. The number of thioether (sulfide) groups is 1. The van der Waals surface area contributed by atoms with Crippen molar-refractivity contribution in [3.63, 3.8) is 0 Å².